The minimum Gasteiger partial charge on any atom is -0.377 e. The van der Waals surface area contributed by atoms with E-state index < -0.39 is 10.0 Å². The lowest BCUT2D eigenvalue weighted by Gasteiger charge is -2.17. The summed E-state index contributed by atoms with van der Waals surface area (Å²) in [6.07, 6.45) is 2.50. The van der Waals surface area contributed by atoms with Gasteiger partial charge in [-0.2, -0.15) is 0 Å². The van der Waals surface area contributed by atoms with Crippen LogP contribution in [0.4, 0.5) is 5.69 Å². The first-order chi connectivity index (χ1) is 10.9. The maximum Gasteiger partial charge on any atom is 0.241 e. The summed E-state index contributed by atoms with van der Waals surface area (Å²) in [4.78, 5) is 13.5. The summed E-state index contributed by atoms with van der Waals surface area (Å²) in [6.45, 7) is 3.02. The van der Waals surface area contributed by atoms with Crippen molar-refractivity contribution in [2.24, 2.45) is 0 Å². The normalized spacial score (nSPS) is 20.8. The number of carbonyl (C=O) groups is 1. The Morgan fingerprint density at radius 1 is 1.48 bits per heavy atom. The van der Waals surface area contributed by atoms with Crippen LogP contribution in [-0.4, -0.2) is 40.1 Å². The van der Waals surface area contributed by atoms with E-state index in [-0.39, 0.29) is 23.5 Å². The fraction of sp³-hybridized carbons (Fsp3) is 0.533. The molecule has 0 bridgehead atoms. The number of ether oxygens (including phenoxy) is 1. The molecule has 0 aliphatic carbocycles. The van der Waals surface area contributed by atoms with E-state index in [2.05, 4.69) is 20.7 Å². The Morgan fingerprint density at radius 2 is 2.26 bits per heavy atom. The highest BCUT2D eigenvalue weighted by Gasteiger charge is 2.28. The lowest BCUT2D eigenvalue weighted by molar-refractivity contribution is -0.116. The predicted octanol–water partition coefficient (Wildman–Crippen LogP) is 1.82. The number of hydrogen-bond donors (Lipinski definition) is 1. The molecule has 126 valence electrons. The quantitative estimate of drug-likeness (QED) is 0.832. The second-order valence-electron chi connectivity index (χ2n) is 5.82. The molecule has 0 saturated carbocycles. The topological polar surface area (TPSA) is 75.7 Å². The molecule has 0 spiro atoms. The van der Waals surface area contributed by atoms with Crippen molar-refractivity contribution >= 4 is 37.5 Å². The van der Waals surface area contributed by atoms with E-state index in [4.69, 9.17) is 4.74 Å². The van der Waals surface area contributed by atoms with Crippen LogP contribution in [0.15, 0.2) is 21.5 Å². The molecule has 8 heteroatoms. The first kappa shape index (κ1) is 16.9. The molecule has 2 aliphatic heterocycles. The molecular weight excluding hydrogens is 384 g/mol. The van der Waals surface area contributed by atoms with Crippen LogP contribution in [-0.2, 0) is 26.0 Å². The van der Waals surface area contributed by atoms with Gasteiger partial charge in [-0.15, -0.1) is 0 Å². The Labute approximate surface area is 144 Å². The molecule has 0 aromatic heterocycles. The molecule has 23 heavy (non-hydrogen) atoms. The van der Waals surface area contributed by atoms with Gasteiger partial charge < -0.3 is 9.64 Å². The van der Waals surface area contributed by atoms with Gasteiger partial charge in [-0.3, -0.25) is 4.79 Å². The highest BCUT2D eigenvalue weighted by atomic mass is 79.9. The summed E-state index contributed by atoms with van der Waals surface area (Å²) in [7, 11) is -3.66. The summed E-state index contributed by atoms with van der Waals surface area (Å²) in [5.74, 6) is -0.0817. The van der Waals surface area contributed by atoms with Gasteiger partial charge in [0.1, 0.15) is 0 Å². The molecule has 1 aromatic carbocycles. The Balaban J connectivity index is 1.86. The van der Waals surface area contributed by atoms with Crippen molar-refractivity contribution < 1.29 is 17.9 Å². The fourth-order valence-electron chi connectivity index (χ4n) is 3.01. The molecule has 1 N–H and O–H groups in total. The second-order valence-corrected chi connectivity index (χ2v) is 8.41. The van der Waals surface area contributed by atoms with Crippen molar-refractivity contribution in [2.45, 2.75) is 37.2 Å². The van der Waals surface area contributed by atoms with E-state index in [1.165, 1.54) is 6.92 Å². The Morgan fingerprint density at radius 3 is 2.91 bits per heavy atom. The summed E-state index contributed by atoms with van der Waals surface area (Å²) < 4.78 is 33.7. The van der Waals surface area contributed by atoms with Crippen molar-refractivity contribution in [2.75, 3.05) is 24.6 Å². The van der Waals surface area contributed by atoms with Gasteiger partial charge in [0.2, 0.25) is 15.9 Å². The number of nitrogens with one attached hydrogen (secondary N) is 1. The third kappa shape index (κ3) is 3.45. The average Bonchev–Trinajstić information content (AvgIpc) is 3.13. The van der Waals surface area contributed by atoms with Gasteiger partial charge in [0.15, 0.2) is 0 Å². The number of benzene rings is 1. The summed E-state index contributed by atoms with van der Waals surface area (Å²) in [6, 6.07) is 3.37. The van der Waals surface area contributed by atoms with Crippen molar-refractivity contribution in [1.82, 2.24) is 4.72 Å². The molecule has 0 radical (unpaired) electrons. The molecule has 1 aromatic rings. The van der Waals surface area contributed by atoms with Crippen LogP contribution in [0, 0.1) is 0 Å². The van der Waals surface area contributed by atoms with E-state index in [1.54, 1.807) is 17.0 Å². The van der Waals surface area contributed by atoms with Crippen molar-refractivity contribution in [1.29, 1.82) is 0 Å². The number of carbonyl (C=O) groups excluding carboxylic acids is 1. The number of fused-ring (bicyclic) bond motifs is 1. The van der Waals surface area contributed by atoms with E-state index in [0.717, 1.165) is 24.8 Å². The zero-order valence-electron chi connectivity index (χ0n) is 12.8. The largest absolute Gasteiger partial charge is 0.377 e. The zero-order valence-corrected chi connectivity index (χ0v) is 15.2. The minimum atomic E-state index is -3.66. The molecular formula is C15H19BrN2O4S. The molecule has 1 fully saturated rings. The van der Waals surface area contributed by atoms with Crippen molar-refractivity contribution in [3.05, 3.63) is 22.2 Å². The van der Waals surface area contributed by atoms with Crippen LogP contribution in [0.25, 0.3) is 0 Å². The lowest BCUT2D eigenvalue weighted by Crippen LogP contribution is -2.32. The standard InChI is InChI=1S/C15H19BrN2O4S/c1-10(19)18-5-4-11-7-13(16)15(8-14(11)18)23(20,21)17-9-12-3-2-6-22-12/h7-8,12,17H,2-6,9H2,1H3. The van der Waals surface area contributed by atoms with Gasteiger partial charge in [0.05, 0.1) is 11.0 Å². The molecule has 6 nitrogen and oxygen atoms in total. The van der Waals surface area contributed by atoms with Crippen LogP contribution in [0.3, 0.4) is 0 Å². The summed E-state index contributed by atoms with van der Waals surface area (Å²) in [5.41, 5.74) is 1.66. The molecule has 2 aliphatic rings. The van der Waals surface area contributed by atoms with Gasteiger partial charge in [-0.1, -0.05) is 0 Å². The lowest BCUT2D eigenvalue weighted by atomic mass is 10.2. The average molecular weight is 403 g/mol. The first-order valence-electron chi connectivity index (χ1n) is 7.60. The van der Waals surface area contributed by atoms with Gasteiger partial charge in [0, 0.05) is 36.8 Å². The maximum atomic E-state index is 12.6. The Hall–Kier alpha value is -0.960. The number of amides is 1. The number of rotatable bonds is 4. The van der Waals surface area contributed by atoms with Gasteiger partial charge in [0.25, 0.3) is 0 Å². The van der Waals surface area contributed by atoms with E-state index >= 15 is 0 Å². The molecule has 1 atom stereocenters. The molecule has 3 rings (SSSR count). The van der Waals surface area contributed by atoms with E-state index in [9.17, 15) is 13.2 Å². The van der Waals surface area contributed by atoms with Crippen LogP contribution in [0.5, 0.6) is 0 Å². The van der Waals surface area contributed by atoms with Gasteiger partial charge in [-0.25, -0.2) is 13.1 Å². The van der Waals surface area contributed by atoms with Crippen LogP contribution in [0.1, 0.15) is 25.3 Å². The number of nitrogens with zero attached hydrogens (tertiary/aromatic N) is 1. The number of halogens is 1. The van der Waals surface area contributed by atoms with Gasteiger partial charge in [-0.05, 0) is 52.9 Å². The van der Waals surface area contributed by atoms with Crippen molar-refractivity contribution in [3.8, 4) is 0 Å². The predicted molar refractivity (Wildman–Crippen MR) is 90.0 cm³/mol. The maximum absolute atomic E-state index is 12.6. The van der Waals surface area contributed by atoms with Crippen LogP contribution in [0.2, 0.25) is 0 Å². The zero-order chi connectivity index (χ0) is 16.6. The molecule has 1 unspecified atom stereocenters. The monoisotopic (exact) mass is 402 g/mol. The molecule has 1 saturated heterocycles. The molecule has 1 amide bonds. The minimum absolute atomic E-state index is 0.0632. The highest BCUT2D eigenvalue weighted by Crippen LogP contribution is 2.35. The number of hydrogen-bond acceptors (Lipinski definition) is 4. The third-order valence-electron chi connectivity index (χ3n) is 4.22. The fourth-order valence-corrected chi connectivity index (χ4v) is 5.18. The second kappa shape index (κ2) is 6.51. The Kier molecular flexibility index (Phi) is 4.78. The van der Waals surface area contributed by atoms with Crippen LogP contribution < -0.4 is 9.62 Å². The smallest absolute Gasteiger partial charge is 0.241 e. The van der Waals surface area contributed by atoms with E-state index in [1.807, 2.05) is 0 Å². The SMILES string of the molecule is CC(=O)N1CCc2cc(Br)c(S(=O)(=O)NCC3CCCO3)cc21. The van der Waals surface area contributed by atoms with Crippen LogP contribution >= 0.6 is 15.9 Å². The third-order valence-corrected chi connectivity index (χ3v) is 6.61. The number of sulfonamides is 1. The van der Waals surface area contributed by atoms with Crippen molar-refractivity contribution in [3.63, 3.8) is 0 Å². The van der Waals surface area contributed by atoms with E-state index in [0.29, 0.717) is 23.3 Å². The number of anilines is 1. The Bertz CT molecular complexity index is 729. The molecule has 2 heterocycles. The summed E-state index contributed by atoms with van der Waals surface area (Å²) >= 11 is 3.34. The van der Waals surface area contributed by atoms with Gasteiger partial charge >= 0.3 is 0 Å². The highest BCUT2D eigenvalue weighted by molar-refractivity contribution is 9.10. The summed E-state index contributed by atoms with van der Waals surface area (Å²) in [5, 5.41) is 0. The first-order valence-corrected chi connectivity index (χ1v) is 9.88.